The summed E-state index contributed by atoms with van der Waals surface area (Å²) >= 11 is 0. The van der Waals surface area contributed by atoms with Crippen molar-refractivity contribution in [1.82, 2.24) is 14.9 Å². The van der Waals surface area contributed by atoms with E-state index in [-0.39, 0.29) is 5.54 Å². The molecule has 0 radical (unpaired) electrons. The zero-order chi connectivity index (χ0) is 12.2. The van der Waals surface area contributed by atoms with Gasteiger partial charge in [0.1, 0.15) is 0 Å². The van der Waals surface area contributed by atoms with Gasteiger partial charge in [-0.3, -0.25) is 0 Å². The fraction of sp³-hybridized carbons (Fsp3) is 0.769. The molecule has 1 heterocycles. The van der Waals surface area contributed by atoms with E-state index < -0.39 is 0 Å². The number of imidazole rings is 1. The first-order valence-electron chi connectivity index (χ1n) is 6.28. The molecule has 0 amide bonds. The van der Waals surface area contributed by atoms with Gasteiger partial charge in [-0.2, -0.15) is 0 Å². The fourth-order valence-electron chi connectivity index (χ4n) is 2.08. The van der Waals surface area contributed by atoms with Crippen LogP contribution in [0.25, 0.3) is 0 Å². The average molecular weight is 223 g/mol. The Kier molecular flexibility index (Phi) is 4.54. The molecule has 0 saturated carbocycles. The highest BCUT2D eigenvalue weighted by Crippen LogP contribution is 2.26. The summed E-state index contributed by atoms with van der Waals surface area (Å²) in [6.07, 6.45) is 7.56. The largest absolute Gasteiger partial charge is 0.330 e. The number of nitrogens with one attached hydrogen (secondary N) is 1. The maximum absolute atomic E-state index is 4.31. The number of hydrogen-bond donors (Lipinski definition) is 1. The quantitative estimate of drug-likeness (QED) is 0.803. The summed E-state index contributed by atoms with van der Waals surface area (Å²) in [6.45, 7) is 8.87. The van der Waals surface area contributed by atoms with Crippen molar-refractivity contribution in [2.24, 2.45) is 0 Å². The van der Waals surface area contributed by atoms with Gasteiger partial charge in [0, 0.05) is 6.04 Å². The summed E-state index contributed by atoms with van der Waals surface area (Å²) in [5.41, 5.74) is 1.26. The van der Waals surface area contributed by atoms with Crippen molar-refractivity contribution in [2.45, 2.75) is 58.5 Å². The molecule has 0 saturated heterocycles. The Bertz CT molecular complexity index is 315. The van der Waals surface area contributed by atoms with Crippen LogP contribution in [0.15, 0.2) is 12.5 Å². The minimum Gasteiger partial charge on any atom is -0.330 e. The first kappa shape index (κ1) is 13.2. The normalized spacial score (nSPS) is 14.1. The van der Waals surface area contributed by atoms with Crippen LogP contribution in [0.5, 0.6) is 0 Å². The maximum Gasteiger partial charge on any atom is 0.0951 e. The van der Waals surface area contributed by atoms with E-state index in [1.165, 1.54) is 18.5 Å². The summed E-state index contributed by atoms with van der Waals surface area (Å²) in [5, 5.41) is 3.34. The van der Waals surface area contributed by atoms with E-state index in [2.05, 4.69) is 42.6 Å². The lowest BCUT2D eigenvalue weighted by molar-refractivity contribution is 0.364. The first-order valence-corrected chi connectivity index (χ1v) is 6.28. The smallest absolute Gasteiger partial charge is 0.0951 e. The number of rotatable bonds is 6. The van der Waals surface area contributed by atoms with Crippen molar-refractivity contribution in [3.05, 3.63) is 18.2 Å². The topological polar surface area (TPSA) is 29.9 Å². The summed E-state index contributed by atoms with van der Waals surface area (Å²) in [7, 11) is 2.00. The molecule has 1 aromatic heterocycles. The molecular formula is C13H25N3. The standard InChI is InChI=1S/C13H25N3/c1-6-8-11(7-2)16-10-15-9-12(16)13(3,4)14-5/h9-11,14H,6-8H2,1-5H3. The molecule has 0 aliphatic rings. The number of aromatic nitrogens is 2. The van der Waals surface area contributed by atoms with Crippen molar-refractivity contribution in [1.29, 1.82) is 0 Å². The predicted molar refractivity (Wildman–Crippen MR) is 68.5 cm³/mol. The predicted octanol–water partition coefficient (Wildman–Crippen LogP) is 3.09. The van der Waals surface area contributed by atoms with Crippen molar-refractivity contribution in [2.75, 3.05) is 7.05 Å². The lowest BCUT2D eigenvalue weighted by Gasteiger charge is -2.29. The van der Waals surface area contributed by atoms with Crippen LogP contribution in [0.1, 0.15) is 58.7 Å². The molecule has 92 valence electrons. The molecule has 3 heteroatoms. The van der Waals surface area contributed by atoms with Crippen LogP contribution in [0.4, 0.5) is 0 Å². The average Bonchev–Trinajstić information content (AvgIpc) is 2.75. The van der Waals surface area contributed by atoms with E-state index in [9.17, 15) is 0 Å². The van der Waals surface area contributed by atoms with Crippen LogP contribution < -0.4 is 5.32 Å². The molecule has 1 aromatic rings. The Morgan fingerprint density at radius 1 is 1.44 bits per heavy atom. The Morgan fingerprint density at radius 2 is 2.12 bits per heavy atom. The summed E-state index contributed by atoms with van der Waals surface area (Å²) < 4.78 is 2.33. The SMILES string of the molecule is CCCC(CC)n1cncc1C(C)(C)NC. The Balaban J connectivity index is 3.01. The highest BCUT2D eigenvalue weighted by molar-refractivity contribution is 5.12. The van der Waals surface area contributed by atoms with Gasteiger partial charge in [0.05, 0.1) is 23.8 Å². The minimum absolute atomic E-state index is 0.0162. The van der Waals surface area contributed by atoms with E-state index in [1.54, 1.807) is 0 Å². The third-order valence-corrected chi connectivity index (χ3v) is 3.42. The van der Waals surface area contributed by atoms with Gasteiger partial charge in [0.25, 0.3) is 0 Å². The Labute approximate surface area is 99.3 Å². The molecule has 1 rings (SSSR count). The summed E-state index contributed by atoms with van der Waals surface area (Å²) in [4.78, 5) is 4.31. The molecular weight excluding hydrogens is 198 g/mol. The Morgan fingerprint density at radius 3 is 2.62 bits per heavy atom. The molecule has 0 bridgehead atoms. The van der Waals surface area contributed by atoms with Gasteiger partial charge in [-0.05, 0) is 33.7 Å². The molecule has 16 heavy (non-hydrogen) atoms. The van der Waals surface area contributed by atoms with E-state index in [0.29, 0.717) is 6.04 Å². The molecule has 0 aliphatic carbocycles. The molecule has 1 unspecified atom stereocenters. The van der Waals surface area contributed by atoms with Gasteiger partial charge in [-0.25, -0.2) is 4.98 Å². The molecule has 0 spiro atoms. The highest BCUT2D eigenvalue weighted by atomic mass is 15.1. The molecule has 0 aliphatic heterocycles. The second kappa shape index (κ2) is 5.48. The van der Waals surface area contributed by atoms with Crippen molar-refractivity contribution >= 4 is 0 Å². The second-order valence-electron chi connectivity index (χ2n) is 4.91. The van der Waals surface area contributed by atoms with E-state index in [0.717, 1.165) is 6.42 Å². The van der Waals surface area contributed by atoms with Gasteiger partial charge < -0.3 is 9.88 Å². The third-order valence-electron chi connectivity index (χ3n) is 3.42. The minimum atomic E-state index is -0.0162. The zero-order valence-corrected chi connectivity index (χ0v) is 11.2. The zero-order valence-electron chi connectivity index (χ0n) is 11.2. The molecule has 1 atom stereocenters. The van der Waals surface area contributed by atoms with Gasteiger partial charge in [0.2, 0.25) is 0 Å². The molecule has 0 fully saturated rings. The third kappa shape index (κ3) is 2.64. The van der Waals surface area contributed by atoms with Crippen molar-refractivity contribution < 1.29 is 0 Å². The number of hydrogen-bond acceptors (Lipinski definition) is 2. The van der Waals surface area contributed by atoms with Gasteiger partial charge >= 0.3 is 0 Å². The Hall–Kier alpha value is -0.830. The van der Waals surface area contributed by atoms with Crippen molar-refractivity contribution in [3.8, 4) is 0 Å². The lowest BCUT2D eigenvalue weighted by atomic mass is 10.00. The molecule has 0 aromatic carbocycles. The maximum atomic E-state index is 4.31. The van der Waals surface area contributed by atoms with Gasteiger partial charge in [0.15, 0.2) is 0 Å². The van der Waals surface area contributed by atoms with Crippen molar-refractivity contribution in [3.63, 3.8) is 0 Å². The van der Waals surface area contributed by atoms with Gasteiger partial charge in [-0.15, -0.1) is 0 Å². The van der Waals surface area contributed by atoms with E-state index in [4.69, 9.17) is 0 Å². The van der Waals surface area contributed by atoms with Crippen LogP contribution in [-0.4, -0.2) is 16.6 Å². The highest BCUT2D eigenvalue weighted by Gasteiger charge is 2.24. The monoisotopic (exact) mass is 223 g/mol. The number of nitrogens with zero attached hydrogens (tertiary/aromatic N) is 2. The first-order chi connectivity index (χ1) is 7.56. The van der Waals surface area contributed by atoms with Gasteiger partial charge in [-0.1, -0.05) is 20.3 Å². The lowest BCUT2D eigenvalue weighted by Crippen LogP contribution is -2.36. The van der Waals surface area contributed by atoms with Crippen LogP contribution >= 0.6 is 0 Å². The fourth-order valence-corrected chi connectivity index (χ4v) is 2.08. The molecule has 1 N–H and O–H groups in total. The van der Waals surface area contributed by atoms with Crippen LogP contribution in [0, 0.1) is 0 Å². The van der Waals surface area contributed by atoms with Crippen LogP contribution in [0.2, 0.25) is 0 Å². The van der Waals surface area contributed by atoms with Crippen LogP contribution in [0.3, 0.4) is 0 Å². The molecule has 3 nitrogen and oxygen atoms in total. The second-order valence-corrected chi connectivity index (χ2v) is 4.91. The summed E-state index contributed by atoms with van der Waals surface area (Å²) in [6, 6.07) is 0.579. The van der Waals surface area contributed by atoms with E-state index in [1.807, 2.05) is 19.6 Å². The van der Waals surface area contributed by atoms with E-state index >= 15 is 0 Å². The van der Waals surface area contributed by atoms with Crippen LogP contribution in [-0.2, 0) is 5.54 Å². The summed E-state index contributed by atoms with van der Waals surface area (Å²) in [5.74, 6) is 0.